The van der Waals surface area contributed by atoms with E-state index >= 15 is 0 Å². The Kier molecular flexibility index (Phi) is 4.29. The summed E-state index contributed by atoms with van der Waals surface area (Å²) in [5.74, 6) is -1.92. The van der Waals surface area contributed by atoms with Crippen molar-refractivity contribution in [2.45, 2.75) is 37.7 Å². The van der Waals surface area contributed by atoms with Crippen molar-refractivity contribution in [2.24, 2.45) is 5.41 Å². The fraction of sp³-hybridized carbons (Fsp3) is 0.588. The van der Waals surface area contributed by atoms with Gasteiger partial charge in [0.2, 0.25) is 0 Å². The molecule has 1 aromatic rings. The third-order valence-electron chi connectivity index (χ3n) is 5.25. The summed E-state index contributed by atoms with van der Waals surface area (Å²) in [6, 6.07) is 4.42. The lowest BCUT2D eigenvalue weighted by Crippen LogP contribution is -2.49. The zero-order valence-electron chi connectivity index (χ0n) is 12.9. The molecule has 2 saturated heterocycles. The normalized spacial score (nSPS) is 29.6. The number of aromatic hydroxyl groups is 1. The predicted molar refractivity (Wildman–Crippen MR) is 79.7 cm³/mol. The van der Waals surface area contributed by atoms with Gasteiger partial charge in [0.15, 0.2) is 11.6 Å². The van der Waals surface area contributed by atoms with E-state index in [1.54, 1.807) is 6.07 Å². The second kappa shape index (κ2) is 6.09. The maximum atomic E-state index is 13.2. The number of phenolic OH excluding ortho intramolecular Hbond substituents is 1. The molecular formula is C17H21FO5. The van der Waals surface area contributed by atoms with Gasteiger partial charge in [0.05, 0.1) is 12.2 Å². The molecule has 0 radical (unpaired) electrons. The molecule has 126 valence electrons. The molecule has 1 aliphatic carbocycles. The number of carbonyl (C=O) groups is 1. The number of aliphatic carboxylic acids is 1. The average molecular weight is 324 g/mol. The molecule has 3 fully saturated rings. The summed E-state index contributed by atoms with van der Waals surface area (Å²) in [6.45, 7) is 0.733. The van der Waals surface area contributed by atoms with Crippen molar-refractivity contribution < 1.29 is 28.9 Å². The van der Waals surface area contributed by atoms with E-state index in [0.717, 1.165) is 37.7 Å². The van der Waals surface area contributed by atoms with Gasteiger partial charge >= 0.3 is 5.97 Å². The quantitative estimate of drug-likeness (QED) is 0.787. The van der Waals surface area contributed by atoms with Crippen LogP contribution in [0.3, 0.4) is 0 Å². The molecule has 2 bridgehead atoms. The van der Waals surface area contributed by atoms with Crippen LogP contribution in [0.4, 0.5) is 4.39 Å². The summed E-state index contributed by atoms with van der Waals surface area (Å²) in [4.78, 5) is 10.5. The molecule has 1 aromatic carbocycles. The number of phenols is 1. The minimum absolute atomic E-state index is 0.0440. The van der Waals surface area contributed by atoms with Crippen LogP contribution in [0.2, 0.25) is 0 Å². The summed E-state index contributed by atoms with van der Waals surface area (Å²) < 4.78 is 24.5. The monoisotopic (exact) mass is 324 g/mol. The molecule has 23 heavy (non-hydrogen) atoms. The summed E-state index contributed by atoms with van der Waals surface area (Å²) in [6.07, 6.45) is 4.34. The molecule has 0 aromatic heterocycles. The van der Waals surface area contributed by atoms with Gasteiger partial charge in [-0.3, -0.25) is 0 Å². The predicted octanol–water partition coefficient (Wildman–Crippen LogP) is 2.81. The van der Waals surface area contributed by atoms with Crippen LogP contribution >= 0.6 is 0 Å². The van der Waals surface area contributed by atoms with Gasteiger partial charge in [0, 0.05) is 6.61 Å². The Balaban J connectivity index is 1.62. The molecule has 2 N–H and O–H groups in total. The molecule has 3 aliphatic rings. The fourth-order valence-corrected chi connectivity index (χ4v) is 3.70. The van der Waals surface area contributed by atoms with Gasteiger partial charge in [-0.2, -0.15) is 0 Å². The highest BCUT2D eigenvalue weighted by Crippen LogP contribution is 2.55. The van der Waals surface area contributed by atoms with Gasteiger partial charge in [-0.1, -0.05) is 6.07 Å². The molecule has 0 amide bonds. The lowest BCUT2D eigenvalue weighted by molar-refractivity contribution is -0.194. The van der Waals surface area contributed by atoms with Crippen LogP contribution in [-0.2, 0) is 19.9 Å². The highest BCUT2D eigenvalue weighted by Gasteiger charge is 2.50. The number of hydrogen-bond donors (Lipinski definition) is 2. The molecule has 0 unspecified atom stereocenters. The van der Waals surface area contributed by atoms with Crippen LogP contribution in [0.5, 0.6) is 5.75 Å². The third-order valence-corrected chi connectivity index (χ3v) is 5.25. The number of ether oxygens (including phenoxy) is 2. The van der Waals surface area contributed by atoms with Crippen molar-refractivity contribution in [3.8, 4) is 5.75 Å². The highest BCUT2D eigenvalue weighted by atomic mass is 19.1. The van der Waals surface area contributed by atoms with E-state index < -0.39 is 17.4 Å². The first kappa shape index (κ1) is 16.2. The van der Waals surface area contributed by atoms with Gasteiger partial charge < -0.3 is 19.7 Å². The zero-order valence-corrected chi connectivity index (χ0v) is 12.9. The van der Waals surface area contributed by atoms with E-state index in [0.29, 0.717) is 13.2 Å². The van der Waals surface area contributed by atoms with Crippen LogP contribution < -0.4 is 0 Å². The van der Waals surface area contributed by atoms with Crippen LogP contribution in [0.25, 0.3) is 0 Å². The third kappa shape index (κ3) is 3.19. The van der Waals surface area contributed by atoms with Crippen molar-refractivity contribution in [2.75, 3.05) is 19.8 Å². The number of halogens is 1. The number of hydrogen-bond acceptors (Lipinski definition) is 4. The smallest absolute Gasteiger partial charge is 0.329 e. The average Bonchev–Trinajstić information content (AvgIpc) is 2.56. The van der Waals surface area contributed by atoms with Crippen molar-refractivity contribution in [1.29, 1.82) is 0 Å². The number of benzene rings is 1. The van der Waals surface area contributed by atoms with Crippen molar-refractivity contribution in [3.63, 3.8) is 0 Å². The standard InChI is InChI=1S/C17H21FO5/c18-13-2-1-12(9-14(13)19)17-5-3-16(4-6-17,11-23-17)7-8-22-10-15(20)21/h1-2,9,19H,3-8,10-11H2,(H,20,21). The summed E-state index contributed by atoms with van der Waals surface area (Å²) >= 11 is 0. The Morgan fingerprint density at radius 1 is 1.30 bits per heavy atom. The topological polar surface area (TPSA) is 76.0 Å². The van der Waals surface area contributed by atoms with E-state index in [1.807, 2.05) is 0 Å². The van der Waals surface area contributed by atoms with Crippen LogP contribution in [0.1, 0.15) is 37.7 Å². The summed E-state index contributed by atoms with van der Waals surface area (Å²) in [5.41, 5.74) is 0.434. The van der Waals surface area contributed by atoms with E-state index in [-0.39, 0.29) is 17.8 Å². The second-order valence-electron chi connectivity index (χ2n) is 6.65. The van der Waals surface area contributed by atoms with Gasteiger partial charge in [0.25, 0.3) is 0 Å². The maximum Gasteiger partial charge on any atom is 0.329 e. The van der Waals surface area contributed by atoms with Gasteiger partial charge in [0.1, 0.15) is 6.61 Å². The van der Waals surface area contributed by atoms with Gasteiger partial charge in [-0.15, -0.1) is 0 Å². The Bertz CT molecular complexity index is 576. The summed E-state index contributed by atoms with van der Waals surface area (Å²) in [5, 5.41) is 18.2. The lowest BCUT2D eigenvalue weighted by Gasteiger charge is -2.53. The van der Waals surface area contributed by atoms with Crippen molar-refractivity contribution >= 4 is 5.97 Å². The molecule has 0 atom stereocenters. The maximum absolute atomic E-state index is 13.2. The van der Waals surface area contributed by atoms with Crippen LogP contribution in [0.15, 0.2) is 18.2 Å². The number of rotatable bonds is 6. The zero-order chi connectivity index (χ0) is 16.5. The molecular weight excluding hydrogens is 303 g/mol. The van der Waals surface area contributed by atoms with Crippen LogP contribution in [-0.4, -0.2) is 36.0 Å². The molecule has 4 rings (SSSR count). The largest absolute Gasteiger partial charge is 0.505 e. The van der Waals surface area contributed by atoms with Crippen molar-refractivity contribution in [3.05, 3.63) is 29.6 Å². The molecule has 6 heteroatoms. The first-order valence-electron chi connectivity index (χ1n) is 7.87. The molecule has 1 saturated carbocycles. The van der Waals surface area contributed by atoms with E-state index in [9.17, 15) is 14.3 Å². The minimum atomic E-state index is -0.957. The Labute approximate surface area is 134 Å². The second-order valence-corrected chi connectivity index (χ2v) is 6.65. The first-order chi connectivity index (χ1) is 10.9. The number of carboxylic acids is 1. The molecule has 2 aliphatic heterocycles. The number of fused-ring (bicyclic) bond motifs is 3. The Morgan fingerprint density at radius 2 is 2.04 bits per heavy atom. The Hall–Kier alpha value is -1.66. The lowest BCUT2D eigenvalue weighted by atomic mass is 9.63. The summed E-state index contributed by atoms with van der Waals surface area (Å²) in [7, 11) is 0. The van der Waals surface area contributed by atoms with E-state index in [2.05, 4.69) is 0 Å². The first-order valence-corrected chi connectivity index (χ1v) is 7.87. The number of carboxylic acid groups (broad SMARTS) is 1. The SMILES string of the molecule is O=C(O)COCCC12CCC(c3ccc(F)c(O)c3)(CC1)OC2. The van der Waals surface area contributed by atoms with Crippen LogP contribution in [0, 0.1) is 11.2 Å². The fourth-order valence-electron chi connectivity index (χ4n) is 3.70. The molecule has 5 nitrogen and oxygen atoms in total. The highest BCUT2D eigenvalue weighted by molar-refractivity contribution is 5.67. The molecule has 0 spiro atoms. The Morgan fingerprint density at radius 3 is 2.61 bits per heavy atom. The van der Waals surface area contributed by atoms with Crippen molar-refractivity contribution in [1.82, 2.24) is 0 Å². The van der Waals surface area contributed by atoms with E-state index in [4.69, 9.17) is 14.6 Å². The molecule has 2 heterocycles. The van der Waals surface area contributed by atoms with E-state index in [1.165, 1.54) is 12.1 Å². The minimum Gasteiger partial charge on any atom is -0.505 e. The van der Waals surface area contributed by atoms with Gasteiger partial charge in [-0.25, -0.2) is 9.18 Å². The van der Waals surface area contributed by atoms with Gasteiger partial charge in [-0.05, 0) is 55.2 Å².